The summed E-state index contributed by atoms with van der Waals surface area (Å²) in [6, 6.07) is 0. The van der Waals surface area contributed by atoms with Gasteiger partial charge in [0, 0.05) is 0 Å². The lowest BCUT2D eigenvalue weighted by Gasteiger charge is -2.06. The van der Waals surface area contributed by atoms with Crippen LogP contribution in [0.15, 0.2) is 4.79 Å². The predicted octanol–water partition coefficient (Wildman–Crippen LogP) is 0.976. The van der Waals surface area contributed by atoms with Gasteiger partial charge in [0.25, 0.3) is 5.56 Å². The van der Waals surface area contributed by atoms with Crippen LogP contribution < -0.4 is 11.3 Å². The van der Waals surface area contributed by atoms with Gasteiger partial charge in [0.15, 0.2) is 5.69 Å². The molecule has 0 bridgehead atoms. The highest BCUT2D eigenvalue weighted by Crippen LogP contribution is 2.29. The lowest BCUT2D eigenvalue weighted by molar-refractivity contribution is -0.142. The molecule has 0 unspecified atom stereocenters. The lowest BCUT2D eigenvalue weighted by Crippen LogP contribution is -2.22. The Hall–Kier alpha value is -0.800. The van der Waals surface area contributed by atoms with E-state index >= 15 is 0 Å². The Labute approximate surface area is 83.5 Å². The number of hydrogen-bond acceptors (Lipinski definition) is 3. The van der Waals surface area contributed by atoms with Crippen LogP contribution in [-0.4, -0.2) is 9.97 Å². The van der Waals surface area contributed by atoms with Crippen LogP contribution in [-0.2, 0) is 6.18 Å². The molecule has 0 atom stereocenters. The second-order valence-corrected chi connectivity index (χ2v) is 3.19. The van der Waals surface area contributed by atoms with Crippen molar-refractivity contribution >= 4 is 28.5 Å². The van der Waals surface area contributed by atoms with Crippen LogP contribution in [0.1, 0.15) is 5.69 Å². The largest absolute Gasteiger partial charge is 0.434 e. The molecule has 1 rings (SSSR count). The van der Waals surface area contributed by atoms with E-state index in [1.807, 2.05) is 4.98 Å². The minimum atomic E-state index is -4.65. The molecule has 1 heterocycles. The van der Waals surface area contributed by atoms with Gasteiger partial charge in [-0.2, -0.15) is 13.2 Å². The van der Waals surface area contributed by atoms with Gasteiger partial charge in [-0.3, -0.25) is 9.78 Å². The monoisotopic (exact) mass is 305 g/mol. The van der Waals surface area contributed by atoms with E-state index in [1.54, 1.807) is 0 Å². The van der Waals surface area contributed by atoms with E-state index in [1.165, 1.54) is 22.6 Å². The Balaban J connectivity index is 3.46. The Morgan fingerprint density at radius 3 is 2.46 bits per heavy atom. The lowest BCUT2D eigenvalue weighted by atomic mass is 10.4. The molecule has 72 valence electrons. The number of halogens is 4. The Kier molecular flexibility index (Phi) is 2.50. The van der Waals surface area contributed by atoms with Gasteiger partial charge >= 0.3 is 6.18 Å². The highest BCUT2D eigenvalue weighted by molar-refractivity contribution is 14.1. The van der Waals surface area contributed by atoms with Crippen molar-refractivity contribution in [2.45, 2.75) is 6.18 Å². The van der Waals surface area contributed by atoms with Gasteiger partial charge in [-0.25, -0.2) is 4.98 Å². The first-order valence-electron chi connectivity index (χ1n) is 2.95. The van der Waals surface area contributed by atoms with E-state index in [0.717, 1.165) is 0 Å². The maximum absolute atomic E-state index is 12.1. The molecule has 0 aliphatic heterocycles. The van der Waals surface area contributed by atoms with Crippen molar-refractivity contribution in [3.8, 4) is 0 Å². The van der Waals surface area contributed by atoms with Gasteiger partial charge in [0.2, 0.25) is 5.95 Å². The first-order chi connectivity index (χ1) is 5.82. The number of nitrogens with zero attached hydrogens (tertiary/aromatic N) is 1. The predicted molar refractivity (Wildman–Crippen MR) is 47.0 cm³/mol. The summed E-state index contributed by atoms with van der Waals surface area (Å²) in [4.78, 5) is 15.8. The average Bonchev–Trinajstić information content (AvgIpc) is 1.94. The maximum atomic E-state index is 12.1. The number of H-pyrrole nitrogens is 1. The Morgan fingerprint density at radius 2 is 2.00 bits per heavy atom. The molecule has 1 aromatic heterocycles. The maximum Gasteiger partial charge on any atom is 0.434 e. The van der Waals surface area contributed by atoms with E-state index in [9.17, 15) is 18.0 Å². The van der Waals surface area contributed by atoms with Crippen molar-refractivity contribution in [3.05, 3.63) is 19.6 Å². The summed E-state index contributed by atoms with van der Waals surface area (Å²) in [5, 5.41) is 0. The van der Waals surface area contributed by atoms with Gasteiger partial charge < -0.3 is 5.73 Å². The number of rotatable bonds is 0. The quantitative estimate of drug-likeness (QED) is 0.702. The smallest absolute Gasteiger partial charge is 0.369 e. The highest BCUT2D eigenvalue weighted by atomic mass is 127. The van der Waals surface area contributed by atoms with Gasteiger partial charge in [-0.1, -0.05) is 0 Å². The summed E-state index contributed by atoms with van der Waals surface area (Å²) in [6.45, 7) is 0. The third kappa shape index (κ3) is 2.11. The molecule has 0 spiro atoms. The van der Waals surface area contributed by atoms with Crippen LogP contribution >= 0.6 is 22.6 Å². The summed E-state index contributed by atoms with van der Waals surface area (Å²) in [6.07, 6.45) is -4.65. The summed E-state index contributed by atoms with van der Waals surface area (Å²) in [5.74, 6) is -0.544. The van der Waals surface area contributed by atoms with Crippen molar-refractivity contribution in [2.75, 3.05) is 5.73 Å². The van der Waals surface area contributed by atoms with Crippen molar-refractivity contribution in [1.82, 2.24) is 9.97 Å². The van der Waals surface area contributed by atoms with E-state index < -0.39 is 26.9 Å². The number of nitrogens with one attached hydrogen (secondary N) is 1. The summed E-state index contributed by atoms with van der Waals surface area (Å²) >= 11 is 1.27. The molecule has 1 aromatic rings. The molecule has 0 fully saturated rings. The second-order valence-electron chi connectivity index (χ2n) is 2.11. The minimum absolute atomic E-state index is 0.515. The zero-order valence-corrected chi connectivity index (χ0v) is 8.10. The summed E-state index contributed by atoms with van der Waals surface area (Å²) in [7, 11) is 0. The van der Waals surface area contributed by atoms with Crippen molar-refractivity contribution in [2.24, 2.45) is 0 Å². The first kappa shape index (κ1) is 10.3. The Morgan fingerprint density at radius 1 is 1.46 bits per heavy atom. The molecule has 13 heavy (non-hydrogen) atoms. The SMILES string of the molecule is Nc1nc(C(F)(F)F)c(I)c(=O)[nH]1. The third-order valence-corrected chi connectivity index (χ3v) is 2.15. The van der Waals surface area contributed by atoms with Crippen LogP contribution in [0.5, 0.6) is 0 Å². The molecule has 0 aliphatic carbocycles. The van der Waals surface area contributed by atoms with Crippen LogP contribution in [0, 0.1) is 3.57 Å². The summed E-state index contributed by atoms with van der Waals surface area (Å²) < 4.78 is 35.9. The molecule has 0 amide bonds. The average molecular weight is 305 g/mol. The van der Waals surface area contributed by atoms with Gasteiger partial charge in [0.1, 0.15) is 3.57 Å². The number of hydrogen-bond donors (Lipinski definition) is 2. The zero-order valence-electron chi connectivity index (χ0n) is 5.94. The van der Waals surface area contributed by atoms with E-state index in [4.69, 9.17) is 5.73 Å². The molecular formula is C5H3F3IN3O. The summed E-state index contributed by atoms with van der Waals surface area (Å²) in [5.41, 5.74) is 2.81. The fourth-order valence-corrected chi connectivity index (χ4v) is 1.23. The number of aromatic amines is 1. The number of aromatic nitrogens is 2. The molecule has 0 saturated carbocycles. The van der Waals surface area contributed by atoms with E-state index in [-0.39, 0.29) is 0 Å². The number of nitrogens with two attached hydrogens (primary N) is 1. The van der Waals surface area contributed by atoms with Crippen LogP contribution in [0.2, 0.25) is 0 Å². The molecule has 4 nitrogen and oxygen atoms in total. The van der Waals surface area contributed by atoms with E-state index in [2.05, 4.69) is 4.98 Å². The standard InChI is InChI=1S/C5H3F3IN3O/c6-5(7,8)2-1(9)3(13)12-4(10)11-2/h(H3,10,11,12,13). The minimum Gasteiger partial charge on any atom is -0.369 e. The molecular weight excluding hydrogens is 302 g/mol. The second kappa shape index (κ2) is 3.16. The highest BCUT2D eigenvalue weighted by Gasteiger charge is 2.36. The van der Waals surface area contributed by atoms with Gasteiger partial charge in [-0.15, -0.1) is 0 Å². The Bertz CT molecular complexity index is 386. The van der Waals surface area contributed by atoms with Crippen LogP contribution in [0.4, 0.5) is 19.1 Å². The fourth-order valence-electron chi connectivity index (χ4n) is 0.664. The first-order valence-corrected chi connectivity index (χ1v) is 4.02. The third-order valence-electron chi connectivity index (χ3n) is 1.15. The molecule has 0 saturated heterocycles. The van der Waals surface area contributed by atoms with Gasteiger partial charge in [0.05, 0.1) is 0 Å². The topological polar surface area (TPSA) is 71.8 Å². The van der Waals surface area contributed by atoms with E-state index in [0.29, 0.717) is 0 Å². The molecule has 0 aliphatic rings. The van der Waals surface area contributed by atoms with Crippen LogP contribution in [0.25, 0.3) is 0 Å². The normalized spacial score (nSPS) is 11.7. The molecule has 8 heteroatoms. The molecule has 3 N–H and O–H groups in total. The number of nitrogen functional groups attached to an aromatic ring is 1. The fraction of sp³-hybridized carbons (Fsp3) is 0.200. The zero-order chi connectivity index (χ0) is 10.2. The van der Waals surface area contributed by atoms with Crippen LogP contribution in [0.3, 0.4) is 0 Å². The number of alkyl halides is 3. The van der Waals surface area contributed by atoms with Gasteiger partial charge in [-0.05, 0) is 22.6 Å². The number of anilines is 1. The van der Waals surface area contributed by atoms with Crippen molar-refractivity contribution in [1.29, 1.82) is 0 Å². The molecule has 0 radical (unpaired) electrons. The van der Waals surface area contributed by atoms with Crippen molar-refractivity contribution in [3.63, 3.8) is 0 Å². The molecule has 0 aromatic carbocycles. The van der Waals surface area contributed by atoms with Crippen molar-refractivity contribution < 1.29 is 13.2 Å².